The van der Waals surface area contributed by atoms with E-state index in [1.54, 1.807) is 6.07 Å². The molecule has 6 heteroatoms. The van der Waals surface area contributed by atoms with Crippen LogP contribution in [0.15, 0.2) is 36.4 Å². The lowest BCUT2D eigenvalue weighted by atomic mass is 9.80. The lowest BCUT2D eigenvalue weighted by Crippen LogP contribution is -2.17. The summed E-state index contributed by atoms with van der Waals surface area (Å²) in [7, 11) is 1.84. The van der Waals surface area contributed by atoms with Crippen molar-refractivity contribution in [1.82, 2.24) is 0 Å². The van der Waals surface area contributed by atoms with Crippen molar-refractivity contribution in [3.05, 3.63) is 47.5 Å². The molecule has 0 amide bonds. The molecule has 32 heavy (non-hydrogen) atoms. The van der Waals surface area contributed by atoms with Crippen LogP contribution in [0.2, 0.25) is 0 Å². The molecule has 0 aliphatic heterocycles. The van der Waals surface area contributed by atoms with Crippen LogP contribution in [0.25, 0.3) is 43.1 Å². The monoisotopic (exact) mass is 424 g/mol. The summed E-state index contributed by atoms with van der Waals surface area (Å²) in [6.07, 6.45) is -0.127. The summed E-state index contributed by atoms with van der Waals surface area (Å²) in [6, 6.07) is 11.1. The smallest absolute Gasteiger partial charge is 0.171 e. The minimum Gasteiger partial charge on any atom is -0.399 e. The Balaban J connectivity index is 0.00000105. The molecule has 5 aromatic rings. The highest BCUT2D eigenvalue weighted by Gasteiger charge is 2.29. The summed E-state index contributed by atoms with van der Waals surface area (Å²) in [6.45, 7) is 4.00. The zero-order chi connectivity index (χ0) is 22.9. The summed E-state index contributed by atoms with van der Waals surface area (Å²) in [5, 5.41) is 10.1. The van der Waals surface area contributed by atoms with Crippen LogP contribution in [0, 0.1) is 0 Å². The Morgan fingerprint density at radius 1 is 0.688 bits per heavy atom. The van der Waals surface area contributed by atoms with Crippen LogP contribution in [0.3, 0.4) is 0 Å². The summed E-state index contributed by atoms with van der Waals surface area (Å²) < 4.78 is 0. The van der Waals surface area contributed by atoms with E-state index in [9.17, 15) is 9.59 Å². The van der Waals surface area contributed by atoms with Gasteiger partial charge in [-0.2, -0.15) is 0 Å². The van der Waals surface area contributed by atoms with Gasteiger partial charge >= 0.3 is 0 Å². The van der Waals surface area contributed by atoms with Crippen molar-refractivity contribution < 1.29 is 9.59 Å². The van der Waals surface area contributed by atoms with E-state index in [1.165, 1.54) is 0 Å². The fourth-order valence-corrected chi connectivity index (χ4v) is 5.15. The first-order valence-corrected chi connectivity index (χ1v) is 10.7. The van der Waals surface area contributed by atoms with Gasteiger partial charge in [-0.15, -0.1) is 0 Å². The predicted octanol–water partition coefficient (Wildman–Crippen LogP) is 5.32. The number of fused-ring (bicyclic) bond motifs is 2. The van der Waals surface area contributed by atoms with Gasteiger partial charge in [0.1, 0.15) is 0 Å². The topological polar surface area (TPSA) is 124 Å². The average Bonchev–Trinajstić information content (AvgIpc) is 2.78. The molecule has 7 N–H and O–H groups in total. The van der Waals surface area contributed by atoms with Crippen LogP contribution >= 0.6 is 0 Å². The molecule has 6 rings (SSSR count). The maximum atomic E-state index is 12.7. The van der Waals surface area contributed by atoms with Crippen LogP contribution in [0.1, 0.15) is 41.0 Å². The lowest BCUT2D eigenvalue weighted by molar-refractivity contribution is 0.0890. The first-order valence-electron chi connectivity index (χ1n) is 10.7. The van der Waals surface area contributed by atoms with E-state index < -0.39 is 0 Å². The van der Waals surface area contributed by atoms with Crippen molar-refractivity contribution in [3.8, 4) is 0 Å². The maximum absolute atomic E-state index is 12.7. The number of anilines is 4. The molecule has 160 valence electrons. The number of nitrogens with one attached hydrogen (secondary N) is 1. The molecule has 0 saturated carbocycles. The number of hydrogen-bond acceptors (Lipinski definition) is 6. The molecule has 0 aromatic heterocycles. The number of ketones is 2. The van der Waals surface area contributed by atoms with E-state index >= 15 is 0 Å². The number of carbonyl (C=O) groups excluding carboxylic acids is 2. The quantitative estimate of drug-likeness (QED) is 0.125. The van der Waals surface area contributed by atoms with Crippen molar-refractivity contribution >= 4 is 77.4 Å². The number of benzene rings is 5. The van der Waals surface area contributed by atoms with Crippen molar-refractivity contribution in [2.24, 2.45) is 0 Å². The molecule has 0 spiro atoms. The van der Waals surface area contributed by atoms with Gasteiger partial charge in [-0.25, -0.2) is 0 Å². The Morgan fingerprint density at radius 3 is 2.09 bits per heavy atom. The highest BCUT2D eigenvalue weighted by atomic mass is 16.1. The molecule has 1 aliphatic carbocycles. The molecular formula is C26H24N4O2. The standard InChI is InChI=1S/C24H18N4O2.C2H6/c1-28-17-7-15(26)12-4-9(25)5-14-21(12)23(17)11-3-2-10-18(29)8-19(30)13-6-16(27)22(14)24(11)20(10)13;1-2/h2-7,28H,8,25-27H2,1H3;1-2H3. The van der Waals surface area contributed by atoms with Crippen LogP contribution in [0.5, 0.6) is 0 Å². The molecule has 0 bridgehead atoms. The van der Waals surface area contributed by atoms with Gasteiger partial charge in [0, 0.05) is 73.2 Å². The second kappa shape index (κ2) is 6.72. The van der Waals surface area contributed by atoms with Crippen LogP contribution in [-0.2, 0) is 0 Å². The fourth-order valence-electron chi connectivity index (χ4n) is 5.15. The highest BCUT2D eigenvalue weighted by molar-refractivity contribution is 6.42. The second-order valence-electron chi connectivity index (χ2n) is 7.95. The Hall–Kier alpha value is -4.06. The van der Waals surface area contributed by atoms with Crippen molar-refractivity contribution in [1.29, 1.82) is 0 Å². The number of nitrogens with two attached hydrogens (primary N) is 3. The number of rotatable bonds is 1. The van der Waals surface area contributed by atoms with Gasteiger partial charge in [-0.05, 0) is 35.0 Å². The normalized spacial score (nSPS) is 13.2. The van der Waals surface area contributed by atoms with Crippen LogP contribution in [-0.4, -0.2) is 18.6 Å². The van der Waals surface area contributed by atoms with Gasteiger partial charge in [0.2, 0.25) is 0 Å². The summed E-state index contributed by atoms with van der Waals surface area (Å²) >= 11 is 0. The maximum Gasteiger partial charge on any atom is 0.171 e. The summed E-state index contributed by atoms with van der Waals surface area (Å²) in [5.41, 5.74) is 22.7. The number of hydrogen-bond donors (Lipinski definition) is 4. The summed E-state index contributed by atoms with van der Waals surface area (Å²) in [5.74, 6) is -0.359. The minimum atomic E-state index is -0.197. The Labute approximate surface area is 184 Å². The molecule has 5 aromatic carbocycles. The third kappa shape index (κ3) is 2.35. The highest BCUT2D eigenvalue weighted by Crippen LogP contribution is 2.49. The Morgan fingerprint density at radius 2 is 1.38 bits per heavy atom. The average molecular weight is 425 g/mol. The number of Topliss-reactive ketones (excluding diaryl/α,β-unsaturated/α-hetero) is 2. The van der Waals surface area contributed by atoms with Gasteiger partial charge in [0.15, 0.2) is 11.6 Å². The molecule has 0 fully saturated rings. The zero-order valence-corrected chi connectivity index (χ0v) is 18.2. The van der Waals surface area contributed by atoms with E-state index in [1.807, 2.05) is 51.2 Å². The molecule has 0 atom stereocenters. The first kappa shape index (κ1) is 19.9. The molecular weight excluding hydrogens is 400 g/mol. The van der Waals surface area contributed by atoms with Crippen molar-refractivity contribution in [2.45, 2.75) is 20.3 Å². The predicted molar refractivity (Wildman–Crippen MR) is 135 cm³/mol. The zero-order valence-electron chi connectivity index (χ0n) is 18.2. The molecule has 0 radical (unpaired) electrons. The van der Waals surface area contributed by atoms with E-state index in [2.05, 4.69) is 5.32 Å². The minimum absolute atomic E-state index is 0.127. The van der Waals surface area contributed by atoms with Gasteiger partial charge in [-0.1, -0.05) is 26.0 Å². The van der Waals surface area contributed by atoms with Gasteiger partial charge in [0.05, 0.1) is 6.42 Å². The molecule has 0 unspecified atom stereocenters. The van der Waals surface area contributed by atoms with Gasteiger partial charge < -0.3 is 22.5 Å². The van der Waals surface area contributed by atoms with E-state index in [-0.39, 0.29) is 18.0 Å². The Bertz CT molecular complexity index is 1620. The largest absolute Gasteiger partial charge is 0.399 e. The van der Waals surface area contributed by atoms with Crippen LogP contribution in [0.4, 0.5) is 22.7 Å². The third-order valence-electron chi connectivity index (χ3n) is 6.33. The number of carbonyl (C=O) groups is 2. The van der Waals surface area contributed by atoms with Gasteiger partial charge in [0.25, 0.3) is 0 Å². The fraction of sp³-hybridized carbons (Fsp3) is 0.154. The van der Waals surface area contributed by atoms with Gasteiger partial charge in [-0.3, -0.25) is 9.59 Å². The van der Waals surface area contributed by atoms with E-state index in [0.717, 1.165) is 43.4 Å². The SMILES string of the molecule is CC.CNc1cc(N)c2cc(N)cc3c4c(N)cc5c6c(ccc(c1c23)c64)C(=O)CC5=O. The van der Waals surface area contributed by atoms with E-state index in [0.29, 0.717) is 33.6 Å². The van der Waals surface area contributed by atoms with Crippen LogP contribution < -0.4 is 22.5 Å². The first-order chi connectivity index (χ1) is 15.4. The van der Waals surface area contributed by atoms with E-state index in [4.69, 9.17) is 17.2 Å². The second-order valence-corrected chi connectivity index (χ2v) is 7.95. The third-order valence-corrected chi connectivity index (χ3v) is 6.33. The van der Waals surface area contributed by atoms with Crippen molar-refractivity contribution in [3.63, 3.8) is 0 Å². The molecule has 0 saturated heterocycles. The summed E-state index contributed by atoms with van der Waals surface area (Å²) in [4.78, 5) is 25.3. The molecule has 6 nitrogen and oxygen atoms in total. The molecule has 1 aliphatic rings. The molecule has 0 heterocycles. The Kier molecular flexibility index (Phi) is 4.17. The number of nitrogen functional groups attached to an aromatic ring is 3. The lowest BCUT2D eigenvalue weighted by Gasteiger charge is -2.23. The van der Waals surface area contributed by atoms with Crippen molar-refractivity contribution in [2.75, 3.05) is 29.6 Å².